The molecule has 0 saturated heterocycles. The Morgan fingerprint density at radius 1 is 1.19 bits per heavy atom. The summed E-state index contributed by atoms with van der Waals surface area (Å²) in [5, 5.41) is 2.91. The van der Waals surface area contributed by atoms with Crippen molar-refractivity contribution in [1.82, 2.24) is 9.24 Å². The van der Waals surface area contributed by atoms with Gasteiger partial charge in [-0.25, -0.2) is 4.39 Å². The van der Waals surface area contributed by atoms with Gasteiger partial charge in [-0.05, 0) is 43.0 Å². The van der Waals surface area contributed by atoms with Crippen LogP contribution < -0.4 is 5.32 Å². The number of rotatable bonds is 8. The van der Waals surface area contributed by atoms with E-state index in [1.807, 2.05) is 18.2 Å². The van der Waals surface area contributed by atoms with E-state index in [1.54, 1.807) is 3.93 Å². The molecule has 0 atom stereocenters. The fourth-order valence-corrected chi connectivity index (χ4v) is 2.66. The first-order valence-corrected chi connectivity index (χ1v) is 8.04. The topological polar surface area (TPSA) is 32.3 Å². The highest BCUT2D eigenvalue weighted by molar-refractivity contribution is 9.07. The second-order valence-electron chi connectivity index (χ2n) is 5.18. The molecule has 1 aromatic rings. The number of nitrogens with one attached hydrogen (secondary N) is 1. The Labute approximate surface area is 133 Å². The second-order valence-corrected chi connectivity index (χ2v) is 6.04. The number of benzene rings is 1. The molecule has 1 amide bonds. The molecule has 1 aliphatic heterocycles. The second kappa shape index (κ2) is 8.17. The molecule has 0 aliphatic carbocycles. The van der Waals surface area contributed by atoms with Crippen LogP contribution in [0.4, 0.5) is 4.39 Å². The highest BCUT2D eigenvalue weighted by atomic mass is 79.9. The zero-order valence-corrected chi connectivity index (χ0v) is 13.5. The smallest absolute Gasteiger partial charge is 0.268 e. The average molecular weight is 355 g/mol. The van der Waals surface area contributed by atoms with Crippen molar-refractivity contribution < 1.29 is 9.18 Å². The molecule has 1 aliphatic rings. The molecule has 21 heavy (non-hydrogen) atoms. The van der Waals surface area contributed by atoms with Crippen LogP contribution in [0.3, 0.4) is 0 Å². The zero-order valence-electron chi connectivity index (χ0n) is 11.9. The Kier molecular flexibility index (Phi) is 6.23. The SMILES string of the molecule is O=C(NCCCCCCc1ccc(F)cc1)C1=CCN1Br. The number of carbonyl (C=O) groups excluding carboxylic acids is 1. The van der Waals surface area contributed by atoms with E-state index in [9.17, 15) is 9.18 Å². The van der Waals surface area contributed by atoms with E-state index < -0.39 is 0 Å². The Morgan fingerprint density at radius 3 is 2.52 bits per heavy atom. The highest BCUT2D eigenvalue weighted by Gasteiger charge is 2.20. The monoisotopic (exact) mass is 354 g/mol. The number of amides is 1. The maximum Gasteiger partial charge on any atom is 0.268 e. The number of hydrogen-bond acceptors (Lipinski definition) is 2. The van der Waals surface area contributed by atoms with Crippen molar-refractivity contribution in [3.63, 3.8) is 0 Å². The maximum atomic E-state index is 12.7. The van der Waals surface area contributed by atoms with Gasteiger partial charge in [0.25, 0.3) is 5.91 Å². The summed E-state index contributed by atoms with van der Waals surface area (Å²) < 4.78 is 14.5. The van der Waals surface area contributed by atoms with Crippen molar-refractivity contribution in [1.29, 1.82) is 0 Å². The summed E-state index contributed by atoms with van der Waals surface area (Å²) in [4.78, 5) is 11.7. The normalized spacial score (nSPS) is 13.6. The van der Waals surface area contributed by atoms with Gasteiger partial charge in [-0.15, -0.1) is 0 Å². The van der Waals surface area contributed by atoms with Crippen molar-refractivity contribution >= 4 is 22.1 Å². The van der Waals surface area contributed by atoms with Gasteiger partial charge in [-0.2, -0.15) is 0 Å². The number of hydrogen-bond donors (Lipinski definition) is 1. The molecule has 0 aromatic heterocycles. The summed E-state index contributed by atoms with van der Waals surface area (Å²) in [6.45, 7) is 1.50. The minimum absolute atomic E-state index is 0.00978. The number of unbranched alkanes of at least 4 members (excludes halogenated alkanes) is 3. The predicted octanol–water partition coefficient (Wildman–Crippen LogP) is 3.55. The van der Waals surface area contributed by atoms with Gasteiger partial charge in [-0.1, -0.05) is 25.0 Å². The lowest BCUT2D eigenvalue weighted by Gasteiger charge is -2.25. The van der Waals surface area contributed by atoms with Crippen LogP contribution in [0.15, 0.2) is 36.0 Å². The molecule has 114 valence electrons. The van der Waals surface area contributed by atoms with Crippen molar-refractivity contribution in [2.24, 2.45) is 0 Å². The number of halogens is 2. The van der Waals surface area contributed by atoms with Crippen LogP contribution in [0.5, 0.6) is 0 Å². The molecular weight excluding hydrogens is 335 g/mol. The Hall–Kier alpha value is -1.36. The molecule has 0 saturated carbocycles. The van der Waals surface area contributed by atoms with E-state index in [0.29, 0.717) is 12.2 Å². The van der Waals surface area contributed by atoms with Crippen LogP contribution in [0.2, 0.25) is 0 Å². The fraction of sp³-hybridized carbons (Fsp3) is 0.438. The average Bonchev–Trinajstić information content (AvgIpc) is 2.46. The van der Waals surface area contributed by atoms with Gasteiger partial charge < -0.3 is 9.24 Å². The lowest BCUT2D eigenvalue weighted by molar-refractivity contribution is -0.118. The molecule has 1 aromatic carbocycles. The Morgan fingerprint density at radius 2 is 1.90 bits per heavy atom. The first-order chi connectivity index (χ1) is 10.2. The summed E-state index contributed by atoms with van der Waals surface area (Å²) in [6, 6.07) is 6.70. The quantitative estimate of drug-likeness (QED) is 0.571. The first-order valence-electron chi connectivity index (χ1n) is 7.33. The summed E-state index contributed by atoms with van der Waals surface area (Å²) in [5.74, 6) is -0.192. The molecule has 0 fully saturated rings. The lowest BCUT2D eigenvalue weighted by atomic mass is 10.1. The van der Waals surface area contributed by atoms with Gasteiger partial charge in [0.05, 0.1) is 22.7 Å². The molecule has 0 radical (unpaired) electrons. The molecule has 2 rings (SSSR count). The van der Waals surface area contributed by atoms with Crippen LogP contribution in [0, 0.1) is 5.82 Å². The van der Waals surface area contributed by atoms with E-state index in [0.717, 1.165) is 38.6 Å². The minimum atomic E-state index is -0.182. The van der Waals surface area contributed by atoms with Crippen LogP contribution in [-0.4, -0.2) is 22.9 Å². The van der Waals surface area contributed by atoms with Crippen molar-refractivity contribution in [2.45, 2.75) is 32.1 Å². The lowest BCUT2D eigenvalue weighted by Crippen LogP contribution is -2.36. The van der Waals surface area contributed by atoms with Crippen molar-refractivity contribution in [3.8, 4) is 0 Å². The van der Waals surface area contributed by atoms with Crippen molar-refractivity contribution in [3.05, 3.63) is 47.4 Å². The first kappa shape index (κ1) is 16.0. The third-order valence-electron chi connectivity index (χ3n) is 3.53. The predicted molar refractivity (Wildman–Crippen MR) is 85.3 cm³/mol. The standard InChI is InChI=1S/C16H20BrFN2O/c17-20-12-10-15(20)16(21)19-11-4-2-1-3-5-13-6-8-14(18)9-7-13/h6-10H,1-5,11-12H2,(H,19,21). The largest absolute Gasteiger partial charge is 0.351 e. The molecule has 0 bridgehead atoms. The molecule has 0 unspecified atom stereocenters. The molecule has 5 heteroatoms. The van der Waals surface area contributed by atoms with Gasteiger partial charge in [0.1, 0.15) is 11.5 Å². The van der Waals surface area contributed by atoms with Gasteiger partial charge in [0, 0.05) is 6.54 Å². The Balaban J connectivity index is 1.49. The molecular formula is C16H20BrFN2O. The third kappa shape index (κ3) is 5.16. The number of nitrogens with zero attached hydrogens (tertiary/aromatic N) is 1. The van der Waals surface area contributed by atoms with Crippen LogP contribution in [-0.2, 0) is 11.2 Å². The maximum absolute atomic E-state index is 12.7. The van der Waals surface area contributed by atoms with Crippen molar-refractivity contribution in [2.75, 3.05) is 13.1 Å². The summed E-state index contributed by atoms with van der Waals surface area (Å²) in [7, 11) is 0. The third-order valence-corrected chi connectivity index (χ3v) is 4.20. The van der Waals surface area contributed by atoms with Gasteiger partial charge in [0.2, 0.25) is 0 Å². The van der Waals surface area contributed by atoms with Gasteiger partial charge >= 0.3 is 0 Å². The summed E-state index contributed by atoms with van der Waals surface area (Å²) in [6.07, 6.45) is 7.19. The van der Waals surface area contributed by atoms with E-state index in [-0.39, 0.29) is 11.7 Å². The number of aryl methyl sites for hydroxylation is 1. The highest BCUT2D eigenvalue weighted by Crippen LogP contribution is 2.18. The van der Waals surface area contributed by atoms with E-state index in [1.165, 1.54) is 17.7 Å². The van der Waals surface area contributed by atoms with Crippen LogP contribution >= 0.6 is 16.1 Å². The van der Waals surface area contributed by atoms with E-state index >= 15 is 0 Å². The fourth-order valence-electron chi connectivity index (χ4n) is 2.21. The molecule has 1 heterocycles. The Bertz CT molecular complexity index is 502. The number of carbonyl (C=O) groups is 1. The van der Waals surface area contributed by atoms with E-state index in [4.69, 9.17) is 0 Å². The van der Waals surface area contributed by atoms with Crippen LogP contribution in [0.25, 0.3) is 0 Å². The minimum Gasteiger partial charge on any atom is -0.351 e. The summed E-state index contributed by atoms with van der Waals surface area (Å²) >= 11 is 3.28. The van der Waals surface area contributed by atoms with Gasteiger partial charge in [0.15, 0.2) is 0 Å². The van der Waals surface area contributed by atoms with E-state index in [2.05, 4.69) is 21.5 Å². The summed E-state index contributed by atoms with van der Waals surface area (Å²) in [5.41, 5.74) is 1.88. The molecule has 1 N–H and O–H groups in total. The van der Waals surface area contributed by atoms with Gasteiger partial charge in [-0.3, -0.25) is 4.79 Å². The molecule has 3 nitrogen and oxygen atoms in total. The molecule has 0 spiro atoms. The van der Waals surface area contributed by atoms with Crippen LogP contribution in [0.1, 0.15) is 31.2 Å². The zero-order chi connectivity index (χ0) is 15.1.